The lowest BCUT2D eigenvalue weighted by atomic mass is 9.92. The molecule has 0 unspecified atom stereocenters. The number of sulfonamides is 1. The van der Waals surface area contributed by atoms with Crippen molar-refractivity contribution in [2.45, 2.75) is 44.6 Å². The predicted octanol–water partition coefficient (Wildman–Crippen LogP) is 3.88. The number of amides is 1. The van der Waals surface area contributed by atoms with Crippen LogP contribution in [0, 0.1) is 19.8 Å². The van der Waals surface area contributed by atoms with Crippen molar-refractivity contribution >= 4 is 33.2 Å². The fourth-order valence-corrected chi connectivity index (χ4v) is 5.65. The molecular weight excluding hydrogens is 422 g/mol. The van der Waals surface area contributed by atoms with Crippen LogP contribution in [0.4, 0.5) is 5.69 Å². The molecule has 2 aromatic carbocycles. The van der Waals surface area contributed by atoms with E-state index in [4.69, 9.17) is 11.6 Å². The molecule has 1 saturated heterocycles. The number of halogens is 1. The number of hydrogen-bond acceptors (Lipinski definition) is 4. The van der Waals surface area contributed by atoms with Gasteiger partial charge in [0.25, 0.3) is 5.91 Å². The van der Waals surface area contributed by atoms with Crippen molar-refractivity contribution in [2.75, 3.05) is 18.4 Å². The quantitative estimate of drug-likeness (QED) is 0.624. The third-order valence-corrected chi connectivity index (χ3v) is 7.64. The SMILES string of the molecule is Cc1ccccc1C(=O)Nc1cc(C)c(S(=O)(=O)N[C@H](C)C2CCNCC2)cc1Cl. The topological polar surface area (TPSA) is 87.3 Å². The Balaban J connectivity index is 1.79. The lowest BCUT2D eigenvalue weighted by molar-refractivity contribution is 0.102. The number of carbonyl (C=O) groups is 1. The fraction of sp³-hybridized carbons (Fsp3) is 0.409. The van der Waals surface area contributed by atoms with E-state index in [9.17, 15) is 13.2 Å². The van der Waals surface area contributed by atoms with Gasteiger partial charge >= 0.3 is 0 Å². The maximum atomic E-state index is 13.0. The van der Waals surface area contributed by atoms with E-state index in [0.29, 0.717) is 22.7 Å². The molecule has 30 heavy (non-hydrogen) atoms. The summed E-state index contributed by atoms with van der Waals surface area (Å²) in [4.78, 5) is 12.7. The van der Waals surface area contributed by atoms with E-state index in [1.165, 1.54) is 6.07 Å². The molecule has 1 heterocycles. The number of piperidine rings is 1. The first-order valence-electron chi connectivity index (χ1n) is 10.1. The minimum Gasteiger partial charge on any atom is -0.321 e. The van der Waals surface area contributed by atoms with Crippen molar-refractivity contribution in [2.24, 2.45) is 5.92 Å². The van der Waals surface area contributed by atoms with Crippen LogP contribution >= 0.6 is 11.6 Å². The van der Waals surface area contributed by atoms with E-state index in [2.05, 4.69) is 15.4 Å². The van der Waals surface area contributed by atoms with Crippen molar-refractivity contribution < 1.29 is 13.2 Å². The Morgan fingerprint density at radius 2 is 1.80 bits per heavy atom. The minimum absolute atomic E-state index is 0.127. The van der Waals surface area contributed by atoms with Crippen LogP contribution in [0.25, 0.3) is 0 Å². The predicted molar refractivity (Wildman–Crippen MR) is 121 cm³/mol. The summed E-state index contributed by atoms with van der Waals surface area (Å²) in [5.74, 6) is 0.00661. The number of rotatable bonds is 6. The third-order valence-electron chi connectivity index (χ3n) is 5.62. The second-order valence-corrected chi connectivity index (χ2v) is 9.95. The molecule has 162 valence electrons. The molecule has 1 aliphatic heterocycles. The van der Waals surface area contributed by atoms with Crippen LogP contribution in [-0.4, -0.2) is 33.5 Å². The van der Waals surface area contributed by atoms with Gasteiger partial charge in [-0.05, 0) is 81.9 Å². The number of anilines is 1. The number of benzene rings is 2. The van der Waals surface area contributed by atoms with Crippen molar-refractivity contribution in [3.63, 3.8) is 0 Å². The molecule has 1 aliphatic rings. The highest BCUT2D eigenvalue weighted by atomic mass is 35.5. The second kappa shape index (κ2) is 9.47. The zero-order valence-electron chi connectivity index (χ0n) is 17.5. The summed E-state index contributed by atoms with van der Waals surface area (Å²) in [5.41, 5.74) is 2.29. The van der Waals surface area contributed by atoms with Crippen LogP contribution in [0.15, 0.2) is 41.3 Å². The maximum Gasteiger partial charge on any atom is 0.255 e. The van der Waals surface area contributed by atoms with Crippen molar-refractivity contribution in [1.82, 2.24) is 10.0 Å². The van der Waals surface area contributed by atoms with E-state index >= 15 is 0 Å². The average molecular weight is 450 g/mol. The van der Waals surface area contributed by atoms with E-state index in [1.54, 1.807) is 25.1 Å². The summed E-state index contributed by atoms with van der Waals surface area (Å²) in [6, 6.07) is 10.1. The van der Waals surface area contributed by atoms with Crippen molar-refractivity contribution in [1.29, 1.82) is 0 Å². The smallest absolute Gasteiger partial charge is 0.255 e. The van der Waals surface area contributed by atoms with Gasteiger partial charge in [0.2, 0.25) is 10.0 Å². The third kappa shape index (κ3) is 5.21. The second-order valence-electron chi connectivity index (χ2n) is 7.86. The Morgan fingerprint density at radius 3 is 2.47 bits per heavy atom. The minimum atomic E-state index is -3.73. The molecule has 2 aromatic rings. The summed E-state index contributed by atoms with van der Waals surface area (Å²) < 4.78 is 28.8. The monoisotopic (exact) mass is 449 g/mol. The van der Waals surface area contributed by atoms with Gasteiger partial charge in [0.15, 0.2) is 0 Å². The van der Waals surface area contributed by atoms with Gasteiger partial charge in [0, 0.05) is 11.6 Å². The van der Waals surface area contributed by atoms with Crippen LogP contribution in [0.5, 0.6) is 0 Å². The Labute approximate surface area is 183 Å². The summed E-state index contributed by atoms with van der Waals surface area (Å²) in [7, 11) is -3.73. The first-order valence-corrected chi connectivity index (χ1v) is 12.0. The molecule has 0 aromatic heterocycles. The maximum absolute atomic E-state index is 13.0. The summed E-state index contributed by atoms with van der Waals surface area (Å²) in [6.07, 6.45) is 1.88. The van der Waals surface area contributed by atoms with Gasteiger partial charge in [0.05, 0.1) is 15.6 Å². The Hall–Kier alpha value is -1.93. The Kier molecular flexibility index (Phi) is 7.18. The fourth-order valence-electron chi connectivity index (χ4n) is 3.81. The van der Waals surface area contributed by atoms with Gasteiger partial charge in [-0.1, -0.05) is 29.8 Å². The van der Waals surface area contributed by atoms with Crippen molar-refractivity contribution in [3.05, 3.63) is 58.1 Å². The Morgan fingerprint density at radius 1 is 1.13 bits per heavy atom. The lowest BCUT2D eigenvalue weighted by Crippen LogP contribution is -2.42. The summed E-state index contributed by atoms with van der Waals surface area (Å²) in [5, 5.41) is 6.25. The molecule has 1 atom stereocenters. The van der Waals surface area contributed by atoms with Gasteiger partial charge in [-0.15, -0.1) is 0 Å². The van der Waals surface area contributed by atoms with Crippen LogP contribution in [0.2, 0.25) is 5.02 Å². The van der Waals surface area contributed by atoms with Gasteiger partial charge in [-0.25, -0.2) is 13.1 Å². The van der Waals surface area contributed by atoms with Crippen LogP contribution in [-0.2, 0) is 10.0 Å². The van der Waals surface area contributed by atoms with Gasteiger partial charge in [-0.3, -0.25) is 4.79 Å². The summed E-state index contributed by atoms with van der Waals surface area (Å²) >= 11 is 6.35. The van der Waals surface area contributed by atoms with E-state index in [1.807, 2.05) is 26.0 Å². The molecular formula is C22H28ClN3O3S. The highest BCUT2D eigenvalue weighted by Crippen LogP contribution is 2.30. The largest absolute Gasteiger partial charge is 0.321 e. The van der Waals surface area contributed by atoms with Gasteiger partial charge in [0.1, 0.15) is 0 Å². The molecule has 8 heteroatoms. The van der Waals surface area contributed by atoms with Crippen LogP contribution in [0.3, 0.4) is 0 Å². The first kappa shape index (κ1) is 22.7. The van der Waals surface area contributed by atoms with E-state index < -0.39 is 10.0 Å². The first-order chi connectivity index (χ1) is 14.2. The molecule has 0 saturated carbocycles. The normalized spacial score (nSPS) is 16.3. The number of hydrogen-bond donors (Lipinski definition) is 3. The molecule has 3 N–H and O–H groups in total. The zero-order chi connectivity index (χ0) is 21.9. The zero-order valence-corrected chi connectivity index (χ0v) is 19.0. The highest BCUT2D eigenvalue weighted by Gasteiger charge is 2.27. The Bertz CT molecular complexity index is 1030. The van der Waals surface area contributed by atoms with Crippen molar-refractivity contribution in [3.8, 4) is 0 Å². The molecule has 0 spiro atoms. The number of aryl methyl sites for hydroxylation is 2. The number of carbonyl (C=O) groups excluding carboxylic acids is 1. The molecule has 0 bridgehead atoms. The molecule has 0 radical (unpaired) electrons. The molecule has 1 fully saturated rings. The average Bonchev–Trinajstić information content (AvgIpc) is 2.71. The number of nitrogens with one attached hydrogen (secondary N) is 3. The lowest BCUT2D eigenvalue weighted by Gasteiger charge is -2.28. The standard InChI is InChI=1S/C22H28ClN3O3S/c1-14-6-4-5-7-18(14)22(27)25-20-12-15(2)21(13-19(20)23)30(28,29)26-16(3)17-8-10-24-11-9-17/h4-7,12-13,16-17,24,26H,8-11H2,1-3H3,(H,25,27)/t16-/m1/s1. The van der Waals surface area contributed by atoms with Crippen LogP contribution < -0.4 is 15.4 Å². The molecule has 0 aliphatic carbocycles. The summed E-state index contributed by atoms with van der Waals surface area (Å²) in [6.45, 7) is 7.26. The van der Waals surface area contributed by atoms with E-state index in [0.717, 1.165) is 31.5 Å². The molecule has 6 nitrogen and oxygen atoms in total. The molecule has 1 amide bonds. The van der Waals surface area contributed by atoms with Gasteiger partial charge < -0.3 is 10.6 Å². The molecule has 3 rings (SSSR count). The van der Waals surface area contributed by atoms with Gasteiger partial charge in [-0.2, -0.15) is 0 Å². The van der Waals surface area contributed by atoms with Crippen LogP contribution in [0.1, 0.15) is 41.3 Å². The van der Waals surface area contributed by atoms with E-state index in [-0.39, 0.29) is 21.9 Å². The highest BCUT2D eigenvalue weighted by molar-refractivity contribution is 7.89.